The minimum Gasteiger partial charge on any atom is -0.339 e. The minimum absolute atomic E-state index is 0.114. The molecular formula is C13H24N2OS. The molecule has 0 aromatic carbocycles. The Bertz CT molecular complexity index is 287. The lowest BCUT2D eigenvalue weighted by Gasteiger charge is -2.46. The zero-order valence-electron chi connectivity index (χ0n) is 11.0. The summed E-state index contributed by atoms with van der Waals surface area (Å²) >= 11 is 2.08. The zero-order valence-corrected chi connectivity index (χ0v) is 11.8. The van der Waals surface area contributed by atoms with Gasteiger partial charge in [0, 0.05) is 23.6 Å². The van der Waals surface area contributed by atoms with Crippen LogP contribution in [0.2, 0.25) is 0 Å². The van der Waals surface area contributed by atoms with Gasteiger partial charge in [0.2, 0.25) is 5.91 Å². The number of hydrogen-bond donors (Lipinski definition) is 1. The van der Waals surface area contributed by atoms with Crippen LogP contribution in [-0.4, -0.2) is 39.9 Å². The zero-order chi connectivity index (χ0) is 12.5. The number of nitrogens with zero attached hydrogens (tertiary/aromatic N) is 1. The first-order valence-corrected chi connectivity index (χ1v) is 7.64. The van der Waals surface area contributed by atoms with Crippen LogP contribution in [-0.2, 0) is 4.79 Å². The molecule has 1 aliphatic carbocycles. The van der Waals surface area contributed by atoms with Crippen LogP contribution in [0.3, 0.4) is 0 Å². The van der Waals surface area contributed by atoms with E-state index in [4.69, 9.17) is 5.73 Å². The number of carbonyl (C=O) groups excluding carboxylic acids is 1. The standard InChI is InChI=1S/C13H24N2OS/c1-12(2,14)11(16)15-8-9-17-13(10-15)6-4-3-5-7-13/h3-10,14H2,1-2H3. The summed E-state index contributed by atoms with van der Waals surface area (Å²) in [6, 6.07) is 0. The Hall–Kier alpha value is -0.220. The summed E-state index contributed by atoms with van der Waals surface area (Å²) < 4.78 is 0.345. The molecule has 2 fully saturated rings. The van der Waals surface area contributed by atoms with Gasteiger partial charge in [-0.2, -0.15) is 11.8 Å². The molecule has 1 aliphatic heterocycles. The van der Waals surface area contributed by atoms with Crippen molar-refractivity contribution in [1.29, 1.82) is 0 Å². The van der Waals surface area contributed by atoms with Crippen molar-refractivity contribution in [2.24, 2.45) is 5.73 Å². The molecule has 2 aliphatic rings. The second-order valence-electron chi connectivity index (χ2n) is 6.04. The SMILES string of the molecule is CC(C)(N)C(=O)N1CCSC2(CCCCC2)C1. The van der Waals surface area contributed by atoms with Gasteiger partial charge >= 0.3 is 0 Å². The smallest absolute Gasteiger partial charge is 0.242 e. The lowest BCUT2D eigenvalue weighted by molar-refractivity contribution is -0.136. The average Bonchev–Trinajstić information content (AvgIpc) is 2.28. The highest BCUT2D eigenvalue weighted by Gasteiger charge is 2.40. The van der Waals surface area contributed by atoms with E-state index >= 15 is 0 Å². The quantitative estimate of drug-likeness (QED) is 0.780. The molecular weight excluding hydrogens is 232 g/mol. The maximum atomic E-state index is 12.2. The van der Waals surface area contributed by atoms with Gasteiger partial charge in [0.05, 0.1) is 5.54 Å². The molecule has 0 aromatic rings. The molecule has 1 saturated carbocycles. The minimum atomic E-state index is -0.724. The molecule has 98 valence electrons. The van der Waals surface area contributed by atoms with E-state index in [-0.39, 0.29) is 5.91 Å². The van der Waals surface area contributed by atoms with Crippen molar-refractivity contribution < 1.29 is 4.79 Å². The molecule has 4 heteroatoms. The van der Waals surface area contributed by atoms with Crippen molar-refractivity contribution in [3.8, 4) is 0 Å². The number of nitrogens with two attached hydrogens (primary N) is 1. The molecule has 17 heavy (non-hydrogen) atoms. The Labute approximate surface area is 108 Å². The van der Waals surface area contributed by atoms with E-state index in [1.54, 1.807) is 0 Å². The summed E-state index contributed by atoms with van der Waals surface area (Å²) in [4.78, 5) is 14.2. The maximum absolute atomic E-state index is 12.2. The van der Waals surface area contributed by atoms with E-state index in [0.717, 1.165) is 18.8 Å². The van der Waals surface area contributed by atoms with Gasteiger partial charge in [0.25, 0.3) is 0 Å². The predicted molar refractivity (Wildman–Crippen MR) is 73.1 cm³/mol. The first-order chi connectivity index (χ1) is 7.93. The molecule has 2 N–H and O–H groups in total. The highest BCUT2D eigenvalue weighted by Crippen LogP contribution is 2.42. The molecule has 0 atom stereocenters. The lowest BCUT2D eigenvalue weighted by atomic mass is 9.87. The fourth-order valence-electron chi connectivity index (χ4n) is 2.92. The molecule has 0 bridgehead atoms. The van der Waals surface area contributed by atoms with Gasteiger partial charge < -0.3 is 10.6 Å². The van der Waals surface area contributed by atoms with Crippen LogP contribution < -0.4 is 5.73 Å². The Morgan fingerprint density at radius 3 is 2.53 bits per heavy atom. The molecule has 2 rings (SSSR count). The van der Waals surface area contributed by atoms with Gasteiger partial charge in [-0.05, 0) is 26.7 Å². The van der Waals surface area contributed by atoms with Gasteiger partial charge in [-0.25, -0.2) is 0 Å². The third-order valence-electron chi connectivity index (χ3n) is 3.85. The van der Waals surface area contributed by atoms with E-state index < -0.39 is 5.54 Å². The van der Waals surface area contributed by atoms with E-state index in [0.29, 0.717) is 4.75 Å². The fraction of sp³-hybridized carbons (Fsp3) is 0.923. The summed E-state index contributed by atoms with van der Waals surface area (Å²) in [5.41, 5.74) is 5.21. The second kappa shape index (κ2) is 4.81. The lowest BCUT2D eigenvalue weighted by Crippen LogP contribution is -2.57. The van der Waals surface area contributed by atoms with Crippen molar-refractivity contribution >= 4 is 17.7 Å². The second-order valence-corrected chi connectivity index (χ2v) is 7.60. The number of thioether (sulfide) groups is 1. The summed E-state index contributed by atoms with van der Waals surface area (Å²) in [5.74, 6) is 1.18. The fourth-order valence-corrected chi connectivity index (χ4v) is 4.49. The van der Waals surface area contributed by atoms with Gasteiger partial charge in [-0.15, -0.1) is 0 Å². The van der Waals surface area contributed by atoms with Crippen molar-refractivity contribution in [3.05, 3.63) is 0 Å². The van der Waals surface area contributed by atoms with Crippen LogP contribution >= 0.6 is 11.8 Å². The third kappa shape index (κ3) is 2.97. The van der Waals surface area contributed by atoms with Gasteiger partial charge in [-0.3, -0.25) is 4.79 Å². The van der Waals surface area contributed by atoms with Crippen molar-refractivity contribution in [2.45, 2.75) is 56.2 Å². The van der Waals surface area contributed by atoms with Gasteiger partial charge in [0.15, 0.2) is 0 Å². The van der Waals surface area contributed by atoms with Crippen LogP contribution in [0.25, 0.3) is 0 Å². The molecule has 3 nitrogen and oxygen atoms in total. The number of amides is 1. The topological polar surface area (TPSA) is 46.3 Å². The number of carbonyl (C=O) groups is 1. The van der Waals surface area contributed by atoms with Crippen LogP contribution in [0.4, 0.5) is 0 Å². The van der Waals surface area contributed by atoms with E-state index in [1.807, 2.05) is 18.7 Å². The monoisotopic (exact) mass is 256 g/mol. The number of rotatable bonds is 1. The predicted octanol–water partition coefficient (Wildman–Crippen LogP) is 2.00. The third-order valence-corrected chi connectivity index (χ3v) is 5.39. The van der Waals surface area contributed by atoms with Gasteiger partial charge in [0.1, 0.15) is 0 Å². The average molecular weight is 256 g/mol. The van der Waals surface area contributed by atoms with Gasteiger partial charge in [-0.1, -0.05) is 19.3 Å². The van der Waals surface area contributed by atoms with E-state index in [9.17, 15) is 4.79 Å². The van der Waals surface area contributed by atoms with E-state index in [1.165, 1.54) is 32.1 Å². The highest BCUT2D eigenvalue weighted by atomic mass is 32.2. The van der Waals surface area contributed by atoms with Crippen LogP contribution in [0.1, 0.15) is 46.0 Å². The Morgan fingerprint density at radius 2 is 1.94 bits per heavy atom. The summed E-state index contributed by atoms with van der Waals surface area (Å²) in [5, 5.41) is 0. The largest absolute Gasteiger partial charge is 0.339 e. The molecule has 1 amide bonds. The molecule has 1 heterocycles. The Balaban J connectivity index is 2.04. The van der Waals surface area contributed by atoms with Crippen LogP contribution in [0.5, 0.6) is 0 Å². The number of hydrogen-bond acceptors (Lipinski definition) is 3. The van der Waals surface area contributed by atoms with Crippen molar-refractivity contribution in [2.75, 3.05) is 18.8 Å². The first-order valence-electron chi connectivity index (χ1n) is 6.65. The first kappa shape index (κ1) is 13.2. The van der Waals surface area contributed by atoms with Crippen molar-refractivity contribution in [3.63, 3.8) is 0 Å². The highest BCUT2D eigenvalue weighted by molar-refractivity contribution is 8.00. The maximum Gasteiger partial charge on any atom is 0.242 e. The Kier molecular flexibility index (Phi) is 3.74. The van der Waals surface area contributed by atoms with Crippen molar-refractivity contribution in [1.82, 2.24) is 4.90 Å². The van der Waals surface area contributed by atoms with Crippen LogP contribution in [0, 0.1) is 0 Å². The molecule has 1 saturated heterocycles. The summed E-state index contributed by atoms with van der Waals surface area (Å²) in [6.07, 6.45) is 6.54. The Morgan fingerprint density at radius 1 is 1.29 bits per heavy atom. The molecule has 0 radical (unpaired) electrons. The molecule has 0 unspecified atom stereocenters. The molecule has 0 aromatic heterocycles. The van der Waals surface area contributed by atoms with E-state index in [2.05, 4.69) is 11.8 Å². The summed E-state index contributed by atoms with van der Waals surface area (Å²) in [6.45, 7) is 5.40. The normalized spacial score (nSPS) is 25.0. The molecule has 1 spiro atoms. The van der Waals surface area contributed by atoms with Crippen LogP contribution in [0.15, 0.2) is 0 Å². The summed E-state index contributed by atoms with van der Waals surface area (Å²) in [7, 11) is 0.